The van der Waals surface area contributed by atoms with Gasteiger partial charge < -0.3 is 20.9 Å². The summed E-state index contributed by atoms with van der Waals surface area (Å²) in [5.74, 6) is 0.543. The Morgan fingerprint density at radius 3 is 2.73 bits per heavy atom. The summed E-state index contributed by atoms with van der Waals surface area (Å²) in [5, 5.41) is 12.5. The van der Waals surface area contributed by atoms with Crippen molar-refractivity contribution in [3.63, 3.8) is 0 Å². The number of phenolic OH excluding ortho intramolecular Hbond substituents is 1. The maximum atomic E-state index is 9.40. The highest BCUT2D eigenvalue weighted by Crippen LogP contribution is 2.16. The van der Waals surface area contributed by atoms with E-state index in [0.29, 0.717) is 19.1 Å². The summed E-state index contributed by atoms with van der Waals surface area (Å²) in [6.07, 6.45) is 0. The maximum Gasteiger partial charge on any atom is 0.193 e. The SMILES string of the molecule is COCc1ccccc1NC(N)=NCc1cccc(O)c1.I. The first-order chi connectivity index (χ1) is 10.2. The van der Waals surface area contributed by atoms with Crippen LogP contribution in [0, 0.1) is 0 Å². The predicted molar refractivity (Wildman–Crippen MR) is 99.6 cm³/mol. The van der Waals surface area contributed by atoms with Gasteiger partial charge in [0, 0.05) is 18.4 Å². The second kappa shape index (κ2) is 9.26. The van der Waals surface area contributed by atoms with Crippen LogP contribution in [0.2, 0.25) is 0 Å². The average molecular weight is 413 g/mol. The van der Waals surface area contributed by atoms with E-state index < -0.39 is 0 Å². The number of aromatic hydroxyl groups is 1. The van der Waals surface area contributed by atoms with Gasteiger partial charge in [0.1, 0.15) is 5.75 Å². The normalized spacial score (nSPS) is 10.9. The third-order valence-corrected chi connectivity index (χ3v) is 2.92. The minimum atomic E-state index is 0. The lowest BCUT2D eigenvalue weighted by Gasteiger charge is -2.10. The van der Waals surface area contributed by atoms with Crippen molar-refractivity contribution in [3.8, 4) is 5.75 Å². The van der Waals surface area contributed by atoms with Crippen molar-refractivity contribution in [1.29, 1.82) is 0 Å². The topological polar surface area (TPSA) is 79.9 Å². The number of nitrogens with two attached hydrogens (primary N) is 1. The highest BCUT2D eigenvalue weighted by atomic mass is 127. The van der Waals surface area contributed by atoms with Gasteiger partial charge in [0.15, 0.2) is 5.96 Å². The molecule has 118 valence electrons. The van der Waals surface area contributed by atoms with Crippen molar-refractivity contribution in [3.05, 3.63) is 59.7 Å². The number of hydrogen-bond donors (Lipinski definition) is 3. The van der Waals surface area contributed by atoms with E-state index in [1.807, 2.05) is 30.3 Å². The zero-order valence-electron chi connectivity index (χ0n) is 12.3. The number of para-hydroxylation sites is 1. The lowest BCUT2D eigenvalue weighted by atomic mass is 10.2. The zero-order valence-corrected chi connectivity index (χ0v) is 14.7. The number of guanidine groups is 1. The summed E-state index contributed by atoms with van der Waals surface area (Å²) in [7, 11) is 1.65. The van der Waals surface area contributed by atoms with Crippen LogP contribution in [0.3, 0.4) is 0 Å². The minimum Gasteiger partial charge on any atom is -0.508 e. The molecule has 0 fully saturated rings. The fourth-order valence-electron chi connectivity index (χ4n) is 1.93. The van der Waals surface area contributed by atoms with Crippen LogP contribution >= 0.6 is 24.0 Å². The molecule has 6 heteroatoms. The van der Waals surface area contributed by atoms with Gasteiger partial charge in [-0.25, -0.2) is 4.99 Å². The minimum absolute atomic E-state index is 0. The predicted octanol–water partition coefficient (Wildman–Crippen LogP) is 3.08. The number of anilines is 1. The van der Waals surface area contributed by atoms with Gasteiger partial charge in [-0.05, 0) is 23.8 Å². The standard InChI is InChI=1S/C16H19N3O2.HI/c1-21-11-13-6-2-3-8-15(13)19-16(17)18-10-12-5-4-7-14(20)9-12;/h2-9,20H,10-11H2,1H3,(H3,17,18,19);1H. The molecule has 0 saturated carbocycles. The fraction of sp³-hybridized carbons (Fsp3) is 0.188. The zero-order chi connectivity index (χ0) is 15.1. The molecule has 0 aliphatic rings. The second-order valence-corrected chi connectivity index (χ2v) is 4.59. The molecule has 22 heavy (non-hydrogen) atoms. The van der Waals surface area contributed by atoms with Gasteiger partial charge in [0.05, 0.1) is 13.2 Å². The number of nitrogens with zero attached hydrogens (tertiary/aromatic N) is 1. The second-order valence-electron chi connectivity index (χ2n) is 4.59. The lowest BCUT2D eigenvalue weighted by molar-refractivity contribution is 0.185. The van der Waals surface area contributed by atoms with Crippen molar-refractivity contribution < 1.29 is 9.84 Å². The van der Waals surface area contributed by atoms with Crippen molar-refractivity contribution in [2.75, 3.05) is 12.4 Å². The number of aliphatic imine (C=N–C) groups is 1. The van der Waals surface area contributed by atoms with Gasteiger partial charge in [0.2, 0.25) is 0 Å². The van der Waals surface area contributed by atoms with E-state index in [1.165, 1.54) is 0 Å². The van der Waals surface area contributed by atoms with Crippen molar-refractivity contribution in [1.82, 2.24) is 0 Å². The molecule has 0 aliphatic carbocycles. The molecule has 0 heterocycles. The molecule has 0 atom stereocenters. The molecule has 0 aromatic heterocycles. The van der Waals surface area contributed by atoms with Gasteiger partial charge in [-0.2, -0.15) is 0 Å². The quantitative estimate of drug-likeness (QED) is 0.400. The Hall–Kier alpha value is -1.80. The van der Waals surface area contributed by atoms with E-state index in [1.54, 1.807) is 25.3 Å². The summed E-state index contributed by atoms with van der Waals surface area (Å²) < 4.78 is 5.14. The van der Waals surface area contributed by atoms with E-state index in [9.17, 15) is 5.11 Å². The first-order valence-corrected chi connectivity index (χ1v) is 6.60. The first kappa shape index (κ1) is 18.2. The van der Waals surface area contributed by atoms with Crippen LogP contribution in [0.1, 0.15) is 11.1 Å². The van der Waals surface area contributed by atoms with E-state index in [4.69, 9.17) is 10.5 Å². The number of rotatable bonds is 5. The number of ether oxygens (including phenoxy) is 1. The van der Waals surface area contributed by atoms with E-state index in [2.05, 4.69) is 10.3 Å². The largest absolute Gasteiger partial charge is 0.508 e. The fourth-order valence-corrected chi connectivity index (χ4v) is 1.93. The highest BCUT2D eigenvalue weighted by Gasteiger charge is 2.02. The monoisotopic (exact) mass is 413 g/mol. The van der Waals surface area contributed by atoms with Crippen molar-refractivity contribution in [2.24, 2.45) is 10.7 Å². The molecular weight excluding hydrogens is 393 g/mol. The third-order valence-electron chi connectivity index (χ3n) is 2.92. The summed E-state index contributed by atoms with van der Waals surface area (Å²) in [6.45, 7) is 0.905. The Kier molecular flexibility index (Phi) is 7.69. The smallest absolute Gasteiger partial charge is 0.193 e. The molecule has 5 nitrogen and oxygen atoms in total. The average Bonchev–Trinajstić information content (AvgIpc) is 2.48. The van der Waals surface area contributed by atoms with Gasteiger partial charge >= 0.3 is 0 Å². The molecule has 0 amide bonds. The van der Waals surface area contributed by atoms with E-state index in [0.717, 1.165) is 16.8 Å². The van der Waals surface area contributed by atoms with Crippen LogP contribution in [0.5, 0.6) is 5.75 Å². The van der Waals surface area contributed by atoms with Crippen LogP contribution in [-0.4, -0.2) is 18.2 Å². The van der Waals surface area contributed by atoms with Gasteiger partial charge in [-0.3, -0.25) is 0 Å². The van der Waals surface area contributed by atoms with E-state index in [-0.39, 0.29) is 29.7 Å². The first-order valence-electron chi connectivity index (χ1n) is 6.60. The molecule has 0 spiro atoms. The van der Waals surface area contributed by atoms with Gasteiger partial charge in [0.25, 0.3) is 0 Å². The molecule has 0 saturated heterocycles. The van der Waals surface area contributed by atoms with Gasteiger partial charge in [-0.1, -0.05) is 30.3 Å². The summed E-state index contributed by atoms with van der Waals surface area (Å²) in [6, 6.07) is 14.7. The van der Waals surface area contributed by atoms with Gasteiger partial charge in [-0.15, -0.1) is 24.0 Å². The molecule has 0 aliphatic heterocycles. The van der Waals surface area contributed by atoms with Crippen molar-refractivity contribution >= 4 is 35.6 Å². The molecule has 2 rings (SSSR count). The number of methoxy groups -OCH3 is 1. The number of hydrogen-bond acceptors (Lipinski definition) is 3. The third kappa shape index (κ3) is 5.53. The number of benzene rings is 2. The molecule has 0 bridgehead atoms. The maximum absolute atomic E-state index is 9.40. The van der Waals surface area contributed by atoms with E-state index >= 15 is 0 Å². The van der Waals surface area contributed by atoms with Crippen LogP contribution in [-0.2, 0) is 17.9 Å². The Morgan fingerprint density at radius 1 is 1.23 bits per heavy atom. The Morgan fingerprint density at radius 2 is 2.00 bits per heavy atom. The highest BCUT2D eigenvalue weighted by molar-refractivity contribution is 14.0. The molecular formula is C16H20IN3O2. The Labute approximate surface area is 147 Å². The van der Waals surface area contributed by atoms with Crippen LogP contribution in [0.25, 0.3) is 0 Å². The van der Waals surface area contributed by atoms with Crippen LogP contribution in [0.4, 0.5) is 5.69 Å². The Bertz CT molecular complexity index is 632. The van der Waals surface area contributed by atoms with Crippen molar-refractivity contribution in [2.45, 2.75) is 13.2 Å². The number of phenols is 1. The van der Waals surface area contributed by atoms with Crippen LogP contribution in [0.15, 0.2) is 53.5 Å². The van der Waals surface area contributed by atoms with Crippen LogP contribution < -0.4 is 11.1 Å². The number of halogens is 1. The number of nitrogens with one attached hydrogen (secondary N) is 1. The molecule has 0 unspecified atom stereocenters. The molecule has 2 aromatic rings. The molecule has 2 aromatic carbocycles. The molecule has 4 N–H and O–H groups in total. The summed E-state index contributed by atoms with van der Waals surface area (Å²) in [5.41, 5.74) is 8.67. The summed E-state index contributed by atoms with van der Waals surface area (Å²) >= 11 is 0. The lowest BCUT2D eigenvalue weighted by Crippen LogP contribution is -2.23. The Balaban J connectivity index is 0.00000242. The molecule has 0 radical (unpaired) electrons. The summed E-state index contributed by atoms with van der Waals surface area (Å²) in [4.78, 5) is 4.26.